The van der Waals surface area contributed by atoms with Crippen molar-refractivity contribution in [2.75, 3.05) is 0 Å². The Labute approximate surface area is 76.0 Å². The van der Waals surface area contributed by atoms with E-state index in [0.717, 1.165) is 12.8 Å². The van der Waals surface area contributed by atoms with Crippen LogP contribution in [0.25, 0.3) is 0 Å². The molecule has 0 heteroatoms. The second kappa shape index (κ2) is 9.96. The van der Waals surface area contributed by atoms with Crippen LogP contribution in [0, 0.1) is 0 Å². The first-order valence-electron chi connectivity index (χ1n) is 4.47. The Hall–Kier alpha value is -1.04. The Morgan fingerprint density at radius 2 is 1.58 bits per heavy atom. The van der Waals surface area contributed by atoms with E-state index in [-0.39, 0.29) is 0 Å². The minimum Gasteiger partial charge on any atom is -0.103 e. The third kappa shape index (κ3) is 8.96. The molecule has 0 nitrogen and oxygen atoms in total. The maximum Gasteiger partial charge on any atom is -0.0347 e. The van der Waals surface area contributed by atoms with Crippen LogP contribution in [0.5, 0.6) is 0 Å². The highest BCUT2D eigenvalue weighted by Gasteiger charge is 1.80. The average Bonchev–Trinajstić information content (AvgIpc) is 2.10. The van der Waals surface area contributed by atoms with Crippen LogP contribution in [0.2, 0.25) is 0 Å². The van der Waals surface area contributed by atoms with Gasteiger partial charge in [0.2, 0.25) is 0 Å². The maximum atomic E-state index is 3.68. The van der Waals surface area contributed by atoms with E-state index in [4.69, 9.17) is 0 Å². The summed E-state index contributed by atoms with van der Waals surface area (Å²) >= 11 is 0. The van der Waals surface area contributed by atoms with E-state index in [0.29, 0.717) is 0 Å². The summed E-state index contributed by atoms with van der Waals surface area (Å²) in [7, 11) is 0. The highest BCUT2D eigenvalue weighted by atomic mass is 13.9. The van der Waals surface area contributed by atoms with E-state index >= 15 is 0 Å². The molecule has 0 aliphatic carbocycles. The summed E-state index contributed by atoms with van der Waals surface area (Å²) in [6, 6.07) is 0. The lowest BCUT2D eigenvalue weighted by molar-refractivity contribution is 0.763. The molecule has 12 heavy (non-hydrogen) atoms. The average molecular weight is 162 g/mol. The summed E-state index contributed by atoms with van der Waals surface area (Å²) in [5.41, 5.74) is 0. The van der Waals surface area contributed by atoms with Crippen molar-refractivity contribution < 1.29 is 0 Å². The third-order valence-corrected chi connectivity index (χ3v) is 1.52. The van der Waals surface area contributed by atoms with E-state index < -0.39 is 0 Å². The van der Waals surface area contributed by atoms with Gasteiger partial charge in [0, 0.05) is 0 Å². The van der Waals surface area contributed by atoms with E-state index in [1.807, 2.05) is 18.2 Å². The molecular weight excluding hydrogens is 144 g/mol. The van der Waals surface area contributed by atoms with Gasteiger partial charge < -0.3 is 0 Å². The second-order valence-corrected chi connectivity index (χ2v) is 2.62. The minimum absolute atomic E-state index is 1.14. The second-order valence-electron chi connectivity index (χ2n) is 2.62. The molecule has 0 atom stereocenters. The zero-order valence-corrected chi connectivity index (χ0v) is 7.71. The third-order valence-electron chi connectivity index (χ3n) is 1.52. The van der Waals surface area contributed by atoms with E-state index in [1.165, 1.54) is 12.8 Å². The Morgan fingerprint density at radius 1 is 0.833 bits per heavy atom. The molecule has 0 saturated heterocycles. The molecule has 0 radical (unpaired) electrons. The topological polar surface area (TPSA) is 0 Å². The summed E-state index contributed by atoms with van der Waals surface area (Å²) in [4.78, 5) is 0. The van der Waals surface area contributed by atoms with Gasteiger partial charge >= 0.3 is 0 Å². The van der Waals surface area contributed by atoms with E-state index in [2.05, 4.69) is 25.3 Å². The monoisotopic (exact) mass is 162 g/mol. The van der Waals surface area contributed by atoms with E-state index in [1.54, 1.807) is 6.08 Å². The number of allylic oxidation sites excluding steroid dienone is 6. The predicted octanol–water partition coefficient (Wildman–Crippen LogP) is 4.03. The molecule has 0 fully saturated rings. The smallest absolute Gasteiger partial charge is 0.0347 e. The first-order chi connectivity index (χ1) is 5.91. The van der Waals surface area contributed by atoms with Crippen LogP contribution in [0.4, 0.5) is 0 Å². The van der Waals surface area contributed by atoms with Crippen molar-refractivity contribution in [3.05, 3.63) is 49.6 Å². The van der Waals surface area contributed by atoms with Gasteiger partial charge in [-0.25, -0.2) is 0 Å². The number of hydrogen-bond donors (Lipinski definition) is 0. The molecule has 0 aromatic heterocycles. The molecule has 0 heterocycles. The summed E-state index contributed by atoms with van der Waals surface area (Å²) < 4.78 is 0. The van der Waals surface area contributed by atoms with Gasteiger partial charge in [0.25, 0.3) is 0 Å². The molecule has 0 saturated carbocycles. The molecule has 0 aliphatic rings. The highest BCUT2D eigenvalue weighted by Crippen LogP contribution is 2.00. The molecular formula is C12H18. The minimum atomic E-state index is 1.14. The molecule has 0 spiro atoms. The van der Waals surface area contributed by atoms with Crippen molar-refractivity contribution in [1.82, 2.24) is 0 Å². The van der Waals surface area contributed by atoms with Crippen LogP contribution in [0.1, 0.15) is 25.7 Å². The molecule has 0 amide bonds. The van der Waals surface area contributed by atoms with Crippen LogP contribution < -0.4 is 0 Å². The Kier molecular flexibility index (Phi) is 9.10. The molecule has 0 N–H and O–H groups in total. The van der Waals surface area contributed by atoms with Gasteiger partial charge in [-0.15, -0.1) is 6.58 Å². The SMILES string of the molecule is C=CC=CC=CCCCCC=C. The molecule has 66 valence electrons. The zero-order valence-electron chi connectivity index (χ0n) is 7.71. The van der Waals surface area contributed by atoms with Gasteiger partial charge in [0.05, 0.1) is 0 Å². The summed E-state index contributed by atoms with van der Waals surface area (Å²) in [6.07, 6.45) is 16.7. The first-order valence-corrected chi connectivity index (χ1v) is 4.47. The fourth-order valence-corrected chi connectivity index (χ4v) is 0.868. The van der Waals surface area contributed by atoms with Gasteiger partial charge in [0.15, 0.2) is 0 Å². The van der Waals surface area contributed by atoms with Crippen molar-refractivity contribution in [1.29, 1.82) is 0 Å². The van der Waals surface area contributed by atoms with Crippen molar-refractivity contribution in [2.24, 2.45) is 0 Å². The molecule has 0 aromatic carbocycles. The zero-order chi connectivity index (χ0) is 9.07. The van der Waals surface area contributed by atoms with E-state index in [9.17, 15) is 0 Å². The lowest BCUT2D eigenvalue weighted by atomic mass is 10.2. The quantitative estimate of drug-likeness (QED) is 0.301. The van der Waals surface area contributed by atoms with Gasteiger partial charge in [-0.3, -0.25) is 0 Å². The fourth-order valence-electron chi connectivity index (χ4n) is 0.868. The van der Waals surface area contributed by atoms with Crippen molar-refractivity contribution >= 4 is 0 Å². The maximum absolute atomic E-state index is 3.68. The molecule has 0 rings (SSSR count). The Balaban J connectivity index is 3.18. The Bertz CT molecular complexity index is 161. The van der Waals surface area contributed by atoms with Gasteiger partial charge in [-0.2, -0.15) is 0 Å². The van der Waals surface area contributed by atoms with Crippen LogP contribution >= 0.6 is 0 Å². The lowest BCUT2D eigenvalue weighted by Crippen LogP contribution is -1.70. The van der Waals surface area contributed by atoms with Crippen LogP contribution in [-0.2, 0) is 0 Å². The molecule has 0 aromatic rings. The van der Waals surface area contributed by atoms with Crippen molar-refractivity contribution in [2.45, 2.75) is 25.7 Å². The van der Waals surface area contributed by atoms with Crippen LogP contribution in [0.3, 0.4) is 0 Å². The fraction of sp³-hybridized carbons (Fsp3) is 0.333. The molecule has 0 bridgehead atoms. The number of unbranched alkanes of at least 4 members (excludes halogenated alkanes) is 3. The Morgan fingerprint density at radius 3 is 2.25 bits per heavy atom. The van der Waals surface area contributed by atoms with Crippen molar-refractivity contribution in [3.8, 4) is 0 Å². The first kappa shape index (κ1) is 11.0. The molecule has 0 unspecified atom stereocenters. The highest BCUT2D eigenvalue weighted by molar-refractivity contribution is 5.08. The van der Waals surface area contributed by atoms with Gasteiger partial charge in [-0.05, 0) is 25.7 Å². The summed E-state index contributed by atoms with van der Waals surface area (Å²) in [5, 5.41) is 0. The summed E-state index contributed by atoms with van der Waals surface area (Å²) in [6.45, 7) is 7.27. The van der Waals surface area contributed by atoms with Gasteiger partial charge in [-0.1, -0.05) is 43.0 Å². The van der Waals surface area contributed by atoms with Crippen molar-refractivity contribution in [3.63, 3.8) is 0 Å². The van der Waals surface area contributed by atoms with Crippen LogP contribution in [0.15, 0.2) is 49.6 Å². The predicted molar refractivity (Wildman–Crippen MR) is 57.1 cm³/mol. The van der Waals surface area contributed by atoms with Gasteiger partial charge in [0.1, 0.15) is 0 Å². The lowest BCUT2D eigenvalue weighted by Gasteiger charge is -1.90. The number of hydrogen-bond acceptors (Lipinski definition) is 0. The normalized spacial score (nSPS) is 11.0. The standard InChI is InChI=1S/C12H18/c1-3-5-7-9-11-12-10-8-6-4-2/h3-5,7,9,11H,1-2,6,8,10,12H2. The van der Waals surface area contributed by atoms with Crippen LogP contribution in [-0.4, -0.2) is 0 Å². The summed E-state index contributed by atoms with van der Waals surface area (Å²) in [5.74, 6) is 0. The largest absolute Gasteiger partial charge is 0.103 e. The number of rotatable bonds is 7. The molecule has 0 aliphatic heterocycles.